The van der Waals surface area contributed by atoms with Crippen molar-refractivity contribution < 1.29 is 124 Å². The van der Waals surface area contributed by atoms with Crippen LogP contribution in [0.15, 0.2) is 122 Å². The van der Waals surface area contributed by atoms with Gasteiger partial charge in [0.15, 0.2) is 6.20 Å². The second-order valence-electron chi connectivity index (χ2n) is 16.1. The number of aromatic nitrogens is 2. The van der Waals surface area contributed by atoms with Gasteiger partial charge in [-0.3, -0.25) is 4.79 Å². The van der Waals surface area contributed by atoms with Crippen LogP contribution in [-0.2, 0) is 60.7 Å². The molecule has 0 aliphatic rings. The minimum atomic E-state index is -6.13. The summed E-state index contributed by atoms with van der Waals surface area (Å²) >= 11 is 0. The van der Waals surface area contributed by atoms with Crippen LogP contribution in [0.25, 0.3) is 0 Å². The monoisotopic (exact) mass is 1120 g/mol. The van der Waals surface area contributed by atoms with Gasteiger partial charge < -0.3 is 4.74 Å². The molecule has 0 spiro atoms. The predicted molar refractivity (Wildman–Crippen MR) is 217 cm³/mol. The normalized spacial score (nSPS) is 13.2. The van der Waals surface area contributed by atoms with Gasteiger partial charge >= 0.3 is 55.4 Å². The van der Waals surface area contributed by atoms with Crippen molar-refractivity contribution in [2.24, 2.45) is 0 Å². The molecule has 0 saturated heterocycles. The van der Waals surface area contributed by atoms with E-state index in [9.17, 15) is 115 Å². The van der Waals surface area contributed by atoms with Gasteiger partial charge in [-0.2, -0.15) is 132 Å². The molecule has 6 rings (SSSR count). The molecule has 0 aliphatic heterocycles. The highest BCUT2D eigenvalue weighted by Crippen LogP contribution is 2.41. The highest BCUT2D eigenvalue weighted by Gasteiger charge is 2.47. The number of Topliss-reactive ketones (excluding diaryl/α,β-unsaturated/α-hetero) is 1. The third-order valence-corrected chi connectivity index (χ3v) is 11.0. The molecule has 1 heterocycles. The number of benzene rings is 5. The largest absolute Gasteiger partial charge is 0.464 e. The van der Waals surface area contributed by atoms with Crippen molar-refractivity contribution in [1.29, 1.82) is 0 Å². The number of ether oxygens (including phenoxy) is 1. The highest BCUT2D eigenvalue weighted by molar-refractivity contribution is 7.20. The minimum Gasteiger partial charge on any atom is -0.464 e. The summed E-state index contributed by atoms with van der Waals surface area (Å²) in [5.74, 6) is -0.561. The average Bonchev–Trinajstić information content (AvgIpc) is 3.29. The molecule has 0 radical (unpaired) electrons. The van der Waals surface area contributed by atoms with Crippen LogP contribution in [-0.4, -0.2) is 30.0 Å². The van der Waals surface area contributed by atoms with E-state index in [1.54, 1.807) is 22.9 Å². The van der Waals surface area contributed by atoms with E-state index in [0.29, 0.717) is 5.56 Å². The van der Waals surface area contributed by atoms with Crippen LogP contribution in [0.2, 0.25) is 0 Å². The molecule has 5 nitrogen and oxygen atoms in total. The van der Waals surface area contributed by atoms with Crippen molar-refractivity contribution >= 4 is 39.7 Å². The van der Waals surface area contributed by atoms with Gasteiger partial charge in [-0.25, -0.2) is 9.78 Å². The molecule has 6 aromatic rings. The lowest BCUT2D eigenvalue weighted by atomic mass is 9.12. The van der Waals surface area contributed by atoms with Crippen molar-refractivity contribution in [3.05, 3.63) is 177 Å². The van der Waals surface area contributed by atoms with E-state index in [1.165, 1.54) is 19.5 Å². The van der Waals surface area contributed by atoms with Gasteiger partial charge in [0, 0.05) is 5.56 Å². The summed E-state index contributed by atoms with van der Waals surface area (Å²) < 4.78 is 347. The molecule has 0 amide bonds. The molecule has 0 bridgehead atoms. The van der Waals surface area contributed by atoms with Crippen molar-refractivity contribution in [1.82, 2.24) is 4.98 Å². The van der Waals surface area contributed by atoms with Crippen LogP contribution in [0.5, 0.6) is 0 Å². The van der Waals surface area contributed by atoms with E-state index in [2.05, 4.69) is 9.72 Å². The Morgan fingerprint density at radius 1 is 0.434 bits per heavy atom. The topological polar surface area (TPSA) is 60.1 Å². The molecule has 5 aromatic carbocycles. The Kier molecular flexibility index (Phi) is 16.2. The second-order valence-corrected chi connectivity index (χ2v) is 16.1. The van der Waals surface area contributed by atoms with Gasteiger partial charge in [-0.05, 0) is 24.3 Å². The SMILES string of the molecule is COC(=O)c1c[n+](CC(=O)c2ccccc2)ccn1.FC(F)(F)c1cc([B-](c2cc(C(F)(F)F)cc(C(F)(F)F)c2)(c2cc(C(F)(F)F)cc(C(F)(F)F)c2)c2cc(C(F)(F)F)cc(C(F)(F)F)c2)cc(C(F)(F)F)c1. The Morgan fingerprint density at radius 2 is 0.697 bits per heavy atom. The maximum atomic E-state index is 14.2. The zero-order chi connectivity index (χ0) is 57.6. The van der Waals surface area contributed by atoms with Gasteiger partial charge in [0.05, 0.1) is 57.8 Å². The van der Waals surface area contributed by atoms with E-state index in [-0.39, 0.29) is 18.0 Å². The van der Waals surface area contributed by atoms with Crippen molar-refractivity contribution in [3.8, 4) is 0 Å². The van der Waals surface area contributed by atoms with Crippen LogP contribution in [0.1, 0.15) is 65.4 Å². The Bertz CT molecular complexity index is 2660. The Labute approximate surface area is 409 Å². The predicted octanol–water partition coefficient (Wildman–Crippen LogP) is 12.3. The first-order chi connectivity index (χ1) is 34.5. The van der Waals surface area contributed by atoms with Gasteiger partial charge in [0.2, 0.25) is 24.2 Å². The lowest BCUT2D eigenvalue weighted by Crippen LogP contribution is -2.75. The highest BCUT2D eigenvalue weighted by atomic mass is 19.4. The zero-order valence-corrected chi connectivity index (χ0v) is 37.0. The maximum Gasteiger partial charge on any atom is 0.416 e. The van der Waals surface area contributed by atoms with Gasteiger partial charge in [-0.15, -0.1) is 0 Å². The van der Waals surface area contributed by atoms with Crippen LogP contribution < -0.4 is 26.4 Å². The summed E-state index contributed by atoms with van der Waals surface area (Å²) in [4.78, 5) is 27.2. The molecule has 0 saturated carbocycles. The quantitative estimate of drug-likeness (QED) is 0.0501. The van der Waals surface area contributed by atoms with Crippen LogP contribution in [0.3, 0.4) is 0 Å². The maximum absolute atomic E-state index is 14.2. The van der Waals surface area contributed by atoms with E-state index in [0.717, 1.165) is 0 Å². The summed E-state index contributed by atoms with van der Waals surface area (Å²) in [5.41, 5.74) is -29.4. The molecule has 0 aliphatic carbocycles. The number of alkyl halides is 24. The van der Waals surface area contributed by atoms with Crippen molar-refractivity contribution in [2.75, 3.05) is 7.11 Å². The van der Waals surface area contributed by atoms with Crippen molar-refractivity contribution in [2.45, 2.75) is 56.0 Å². The molecule has 76 heavy (non-hydrogen) atoms. The molecule has 0 fully saturated rings. The summed E-state index contributed by atoms with van der Waals surface area (Å²) in [6.45, 7) is 0.149. The number of rotatable bonds is 8. The molecule has 30 heteroatoms. The fourth-order valence-electron chi connectivity index (χ4n) is 7.69. The minimum absolute atomic E-state index is 0.0346. The number of ketones is 1. The first kappa shape index (κ1) is 59.6. The number of halogens is 24. The number of hydrogen-bond acceptors (Lipinski definition) is 4. The third kappa shape index (κ3) is 13.8. The number of carbonyl (C=O) groups is 2. The summed E-state index contributed by atoms with van der Waals surface area (Å²) in [6.07, 6.45) is -50.2. The Morgan fingerprint density at radius 3 is 0.934 bits per heavy atom. The number of hydrogen-bond donors (Lipinski definition) is 0. The van der Waals surface area contributed by atoms with Crippen LogP contribution in [0, 0.1) is 0 Å². The summed E-state index contributed by atoms with van der Waals surface area (Å²) in [6, 6.07) is 0.173. The average molecular weight is 1120 g/mol. The molecular weight excluding hydrogens is 1100 g/mol. The first-order valence-electron chi connectivity index (χ1n) is 20.3. The molecule has 0 unspecified atom stereocenters. The molecule has 1 aromatic heterocycles. The van der Waals surface area contributed by atoms with E-state index in [1.807, 2.05) is 18.2 Å². The zero-order valence-electron chi connectivity index (χ0n) is 37.0. The standard InChI is InChI=1S/C32H12BF24.C14H13N2O3/c34-25(35,36)13-1-14(26(37,38)39)6-21(5-13)33(22-7-15(27(40,41)42)2-16(8-22)28(43,44)45,23-9-17(29(46,47)48)3-18(10-23)30(49,50)51)24-11-19(31(52,53)54)4-20(12-24)32(55,56)57;1-19-14(18)12-9-16(8-7-15-12)10-13(17)11-5-3-2-4-6-11/h1-12H;2-9H,10H2,1H3/q-1;+1. The third-order valence-electron chi connectivity index (χ3n) is 11.0. The van der Waals surface area contributed by atoms with Crippen molar-refractivity contribution in [3.63, 3.8) is 0 Å². The van der Waals surface area contributed by atoms with E-state index >= 15 is 0 Å². The van der Waals surface area contributed by atoms with Gasteiger partial charge in [0.1, 0.15) is 6.15 Å². The summed E-state index contributed by atoms with van der Waals surface area (Å²) in [5, 5.41) is 0. The van der Waals surface area contributed by atoms with Gasteiger partial charge in [0.25, 0.3) is 0 Å². The lowest BCUT2D eigenvalue weighted by Gasteiger charge is -2.46. The fraction of sp³-hybridized carbons (Fsp3) is 0.217. The first-order valence-corrected chi connectivity index (χ1v) is 20.3. The molecular formula is C46H25BF24N2O3. The van der Waals surface area contributed by atoms with E-state index < -0.39 is 201 Å². The lowest BCUT2D eigenvalue weighted by molar-refractivity contribution is -0.683. The number of nitrogens with zero attached hydrogens (tertiary/aromatic N) is 2. The Hall–Kier alpha value is -7.30. The van der Waals surface area contributed by atoms with Crippen LogP contribution >= 0.6 is 0 Å². The number of esters is 1. The smallest absolute Gasteiger partial charge is 0.416 e. The van der Waals surface area contributed by atoms with Crippen LogP contribution in [0.4, 0.5) is 105 Å². The second kappa shape index (κ2) is 20.7. The fourth-order valence-corrected chi connectivity index (χ4v) is 7.69. The van der Waals surface area contributed by atoms with E-state index in [4.69, 9.17) is 0 Å². The Balaban J connectivity index is 0.000000468. The summed E-state index contributed by atoms with van der Waals surface area (Å²) in [7, 11) is 1.29. The molecule has 408 valence electrons. The number of carbonyl (C=O) groups excluding carboxylic acids is 2. The molecule has 0 N–H and O–H groups in total. The van der Waals surface area contributed by atoms with Gasteiger partial charge in [-0.1, -0.05) is 78.9 Å². The molecule has 0 atom stereocenters. The number of methoxy groups -OCH3 is 1.